The molecule has 0 bridgehead atoms. The smallest absolute Gasteiger partial charge is 0.0216 e. The van der Waals surface area contributed by atoms with Crippen molar-refractivity contribution in [2.75, 3.05) is 7.05 Å². The summed E-state index contributed by atoms with van der Waals surface area (Å²) >= 11 is 0. The van der Waals surface area contributed by atoms with Gasteiger partial charge >= 0.3 is 0 Å². The van der Waals surface area contributed by atoms with Crippen LogP contribution in [0.1, 0.15) is 192 Å². The van der Waals surface area contributed by atoms with Crippen LogP contribution in [0.3, 0.4) is 0 Å². The number of nitrogens with one attached hydrogen (secondary N) is 1. The Hall–Kier alpha value is -0.340. The van der Waals surface area contributed by atoms with Gasteiger partial charge in [-0.05, 0) is 213 Å². The second-order valence-electron chi connectivity index (χ2n) is 22.8. The van der Waals surface area contributed by atoms with Crippen molar-refractivity contribution in [3.63, 3.8) is 0 Å². The fourth-order valence-corrected chi connectivity index (χ4v) is 13.8. The number of hydrogen-bond acceptors (Lipinski definition) is 2. The monoisotopic (exact) mass is 705 g/mol. The van der Waals surface area contributed by atoms with Gasteiger partial charge < -0.3 is 11.1 Å². The van der Waals surface area contributed by atoms with E-state index < -0.39 is 0 Å². The highest BCUT2D eigenvalue weighted by atomic mass is 15.0. The maximum Gasteiger partial charge on any atom is 0.0216 e. The molecule has 12 unspecified atom stereocenters. The van der Waals surface area contributed by atoms with E-state index in [-0.39, 0.29) is 21.9 Å². The molecule has 0 heterocycles. The Morgan fingerprint density at radius 1 is 0.725 bits per heavy atom. The van der Waals surface area contributed by atoms with E-state index in [4.69, 9.17) is 5.73 Å². The first-order valence-electron chi connectivity index (χ1n) is 23.2. The molecule has 0 aliphatic heterocycles. The van der Waals surface area contributed by atoms with E-state index in [1.165, 1.54) is 83.5 Å². The molecule has 0 aromatic carbocycles. The molecule has 2 nitrogen and oxygen atoms in total. The largest absolute Gasteiger partial charge is 0.326 e. The van der Waals surface area contributed by atoms with Crippen LogP contribution in [0.4, 0.5) is 0 Å². The van der Waals surface area contributed by atoms with Gasteiger partial charge in [-0.1, -0.05) is 78.9 Å². The SMILES string of the molecule is CCCC(C)(C)CC(CC(C)(C)N)(C(=C1CCC1)C1CCC1CC(CC1CC1C(C)C1CC1CC)C1CC(C(C)C2CC2CC)C1)C(C)(C)NC. The van der Waals surface area contributed by atoms with Gasteiger partial charge in [0.15, 0.2) is 0 Å². The molecule has 2 heteroatoms. The molecular formula is C49H88N2. The molecule has 0 spiro atoms. The predicted molar refractivity (Wildman–Crippen MR) is 221 cm³/mol. The molecule has 51 heavy (non-hydrogen) atoms. The van der Waals surface area contributed by atoms with Crippen molar-refractivity contribution in [2.45, 2.75) is 203 Å². The molecule has 6 saturated carbocycles. The Morgan fingerprint density at radius 3 is 1.76 bits per heavy atom. The lowest BCUT2D eigenvalue weighted by atomic mass is 9.47. The van der Waals surface area contributed by atoms with Crippen molar-refractivity contribution >= 4 is 0 Å². The van der Waals surface area contributed by atoms with Gasteiger partial charge in [-0.25, -0.2) is 0 Å². The fraction of sp³-hybridized carbons (Fsp3) is 0.959. The summed E-state index contributed by atoms with van der Waals surface area (Å²) in [4.78, 5) is 0. The van der Waals surface area contributed by atoms with E-state index in [0.717, 1.165) is 83.4 Å². The molecule has 6 rings (SSSR count). The van der Waals surface area contributed by atoms with Crippen molar-refractivity contribution < 1.29 is 0 Å². The fourth-order valence-electron chi connectivity index (χ4n) is 13.8. The molecular weight excluding hydrogens is 617 g/mol. The normalized spacial score (nSPS) is 37.7. The molecule has 12 atom stereocenters. The molecule has 0 radical (unpaired) electrons. The Kier molecular flexibility index (Phi) is 12.1. The number of hydrogen-bond donors (Lipinski definition) is 2. The molecule has 294 valence electrons. The summed E-state index contributed by atoms with van der Waals surface area (Å²) in [7, 11) is 2.25. The quantitative estimate of drug-likeness (QED) is 0.117. The van der Waals surface area contributed by atoms with Gasteiger partial charge in [0.05, 0.1) is 0 Å². The second-order valence-corrected chi connectivity index (χ2v) is 22.8. The van der Waals surface area contributed by atoms with E-state index in [2.05, 4.69) is 88.5 Å². The van der Waals surface area contributed by atoms with Crippen molar-refractivity contribution in [2.24, 2.45) is 93.5 Å². The van der Waals surface area contributed by atoms with E-state index in [1.807, 2.05) is 11.1 Å². The highest BCUT2D eigenvalue weighted by Crippen LogP contribution is 2.64. The summed E-state index contributed by atoms with van der Waals surface area (Å²) < 4.78 is 0. The van der Waals surface area contributed by atoms with Gasteiger partial charge in [-0.2, -0.15) is 0 Å². The minimum Gasteiger partial charge on any atom is -0.326 e. The average molecular weight is 705 g/mol. The maximum absolute atomic E-state index is 7.18. The van der Waals surface area contributed by atoms with Crippen LogP contribution in [0, 0.1) is 87.8 Å². The lowest BCUT2D eigenvalue weighted by Crippen LogP contribution is -2.61. The van der Waals surface area contributed by atoms with Gasteiger partial charge in [-0.3, -0.25) is 0 Å². The number of rotatable bonds is 21. The molecule has 6 aliphatic carbocycles. The topological polar surface area (TPSA) is 38.0 Å². The highest BCUT2D eigenvalue weighted by Gasteiger charge is 2.57. The third-order valence-corrected chi connectivity index (χ3v) is 17.8. The predicted octanol–water partition coefficient (Wildman–Crippen LogP) is 13.2. The lowest BCUT2D eigenvalue weighted by molar-refractivity contribution is 0.0108. The zero-order valence-electron chi connectivity index (χ0n) is 36.3. The second kappa shape index (κ2) is 15.3. The van der Waals surface area contributed by atoms with Crippen LogP contribution in [0.2, 0.25) is 0 Å². The molecule has 6 aliphatic rings. The van der Waals surface area contributed by atoms with Gasteiger partial charge in [0.25, 0.3) is 0 Å². The third-order valence-electron chi connectivity index (χ3n) is 17.8. The van der Waals surface area contributed by atoms with Crippen LogP contribution in [-0.2, 0) is 0 Å². The van der Waals surface area contributed by atoms with Crippen LogP contribution >= 0.6 is 0 Å². The van der Waals surface area contributed by atoms with Crippen molar-refractivity contribution in [3.8, 4) is 0 Å². The van der Waals surface area contributed by atoms with E-state index in [0.29, 0.717) is 0 Å². The summed E-state index contributed by atoms with van der Waals surface area (Å²) in [5.74, 6) is 12.9. The van der Waals surface area contributed by atoms with Crippen LogP contribution in [0.5, 0.6) is 0 Å². The van der Waals surface area contributed by atoms with Crippen LogP contribution in [-0.4, -0.2) is 18.1 Å². The van der Waals surface area contributed by atoms with Crippen molar-refractivity contribution in [1.82, 2.24) is 5.32 Å². The average Bonchev–Trinajstić information content (AvgIpc) is 3.87. The minimum absolute atomic E-state index is 0.0147. The molecule has 3 N–H and O–H groups in total. The molecule has 0 aromatic heterocycles. The molecule has 0 aromatic rings. The number of allylic oxidation sites excluding steroid dienone is 1. The summed E-state index contributed by atoms with van der Waals surface area (Å²) in [5, 5.41) is 3.97. The van der Waals surface area contributed by atoms with E-state index in [1.54, 1.807) is 25.7 Å². The van der Waals surface area contributed by atoms with E-state index >= 15 is 0 Å². The summed E-state index contributed by atoms with van der Waals surface area (Å²) in [6, 6.07) is 0. The Bertz CT molecular complexity index is 1190. The Labute approximate surface area is 318 Å². The Morgan fingerprint density at radius 2 is 1.29 bits per heavy atom. The molecule has 0 amide bonds. The van der Waals surface area contributed by atoms with Crippen molar-refractivity contribution in [1.29, 1.82) is 0 Å². The summed E-state index contributed by atoms with van der Waals surface area (Å²) in [5.41, 5.74) is 11.1. The minimum atomic E-state index is -0.209. The van der Waals surface area contributed by atoms with Gasteiger partial charge in [-0.15, -0.1) is 0 Å². The van der Waals surface area contributed by atoms with E-state index in [9.17, 15) is 0 Å². The maximum atomic E-state index is 7.18. The van der Waals surface area contributed by atoms with Gasteiger partial charge in [0.1, 0.15) is 0 Å². The van der Waals surface area contributed by atoms with Crippen LogP contribution < -0.4 is 11.1 Å². The summed E-state index contributed by atoms with van der Waals surface area (Å²) in [6.45, 7) is 27.5. The summed E-state index contributed by atoms with van der Waals surface area (Å²) in [6.07, 6.45) is 25.5. The third kappa shape index (κ3) is 8.58. The highest BCUT2D eigenvalue weighted by molar-refractivity contribution is 5.35. The van der Waals surface area contributed by atoms with Crippen molar-refractivity contribution in [3.05, 3.63) is 11.1 Å². The first-order chi connectivity index (χ1) is 24.0. The number of nitrogens with two attached hydrogens (primary N) is 1. The Balaban J connectivity index is 1.25. The van der Waals surface area contributed by atoms with Gasteiger partial charge in [0, 0.05) is 16.5 Å². The first kappa shape index (κ1) is 40.3. The molecule has 6 fully saturated rings. The van der Waals surface area contributed by atoms with Gasteiger partial charge in [0.2, 0.25) is 0 Å². The lowest BCUT2D eigenvalue weighted by Gasteiger charge is -2.59. The molecule has 0 saturated heterocycles. The first-order valence-corrected chi connectivity index (χ1v) is 23.2. The van der Waals surface area contributed by atoms with Crippen LogP contribution in [0.15, 0.2) is 11.1 Å². The zero-order chi connectivity index (χ0) is 37.1. The zero-order valence-corrected chi connectivity index (χ0v) is 36.3. The van der Waals surface area contributed by atoms with Crippen LogP contribution in [0.25, 0.3) is 0 Å². The standard InChI is InChI=1S/C49H88N2/c1-13-21-46(6,7)29-49(30-47(8,9)50,48(10,11)51-12)45(35-17-16-18-35)41-20-19-36(41)22-38(25-40-28-44(40)32(5)43-27-34(43)15-3)39-23-37(24-39)31(4)42-26-33(42)14-2/h31-34,36-44,51H,13-30,50H2,1-12H3.